The average Bonchev–Trinajstić information content (AvgIpc) is 0.764. The summed E-state index contributed by atoms with van der Waals surface area (Å²) in [6.07, 6.45) is -3.41. The van der Waals surface area contributed by atoms with Crippen molar-refractivity contribution in [2.24, 2.45) is 5.41 Å². The van der Waals surface area contributed by atoms with E-state index in [1.54, 1.807) is 42.1 Å². The van der Waals surface area contributed by atoms with Crippen molar-refractivity contribution in [1.29, 1.82) is 0 Å². The second-order valence-electron chi connectivity index (χ2n) is 23.8. The molecule has 3 amide bonds. The highest BCUT2D eigenvalue weighted by molar-refractivity contribution is 7.99. The minimum absolute atomic E-state index is 0.00856. The highest BCUT2D eigenvalue weighted by Gasteiger charge is 2.55. The number of carbonyl (C=O) groups excluding carboxylic acids is 3. The lowest BCUT2D eigenvalue weighted by atomic mass is 9.98. The summed E-state index contributed by atoms with van der Waals surface area (Å²) in [4.78, 5) is 38.1. The van der Waals surface area contributed by atoms with Crippen LogP contribution >= 0.6 is 35.3 Å². The van der Waals surface area contributed by atoms with Gasteiger partial charge in [-0.15, -0.1) is 24.9 Å². The highest BCUT2D eigenvalue weighted by atomic mass is 32.2. The minimum atomic E-state index is -4.73. The van der Waals surface area contributed by atoms with E-state index >= 15 is 0 Å². The van der Waals surface area contributed by atoms with E-state index in [0.717, 1.165) is 23.7 Å². The van der Waals surface area contributed by atoms with Crippen LogP contribution < -0.4 is 35.4 Å². The third-order valence-corrected chi connectivity index (χ3v) is 27.6. The number of amides is 3. The Bertz CT molecular complexity index is 3870. The molecule has 0 aliphatic carbocycles. The number of hydroxylamine groups is 3. The number of sulfone groups is 3. The lowest BCUT2D eigenvalue weighted by molar-refractivity contribution is -0.274. The Hall–Kier alpha value is -6.62. The first-order valence-corrected chi connectivity index (χ1v) is 39.2. The zero-order valence-electron chi connectivity index (χ0n) is 54.5. The van der Waals surface area contributed by atoms with Gasteiger partial charge in [0.05, 0.1) is 34.5 Å². The van der Waals surface area contributed by atoms with Gasteiger partial charge in [0.25, 0.3) is 17.7 Å². The average molecular weight is 1490 g/mol. The fourth-order valence-corrected chi connectivity index (χ4v) is 19.3. The molecule has 6 N–H and O–H groups in total. The third-order valence-electron chi connectivity index (χ3n) is 16.3. The number of nitrogens with one attached hydrogen (secondary N) is 3. The summed E-state index contributed by atoms with van der Waals surface area (Å²) < 4.78 is 148. The van der Waals surface area contributed by atoms with Gasteiger partial charge < -0.3 is 33.2 Å². The smallest absolute Gasteiger partial charge is 0.494 e. The van der Waals surface area contributed by atoms with Crippen molar-refractivity contribution in [2.75, 3.05) is 76.7 Å². The lowest BCUT2D eigenvalue weighted by Crippen LogP contribution is -2.54. The van der Waals surface area contributed by atoms with Gasteiger partial charge in [-0.25, -0.2) is 41.7 Å². The zero-order valence-corrected chi connectivity index (χ0v) is 59.4. The van der Waals surface area contributed by atoms with E-state index in [4.69, 9.17) is 44.0 Å². The number of thioether (sulfide) groups is 3. The summed E-state index contributed by atoms with van der Waals surface area (Å²) in [5.74, 6) is 2.46. The topological polar surface area (TPSA) is 315 Å². The number of alkyl halides is 3. The molecule has 9 rings (SSSR count). The predicted molar refractivity (Wildman–Crippen MR) is 368 cm³/mol. The number of carbonyl (C=O) groups is 3. The number of ether oxygens (including phenoxy) is 7. The molecule has 3 saturated heterocycles. The molecule has 540 valence electrons. The van der Waals surface area contributed by atoms with Gasteiger partial charge in [0, 0.05) is 67.2 Å². The summed E-state index contributed by atoms with van der Waals surface area (Å²) in [5.41, 5.74) is 6.42. The van der Waals surface area contributed by atoms with E-state index in [1.165, 1.54) is 105 Å². The van der Waals surface area contributed by atoms with Gasteiger partial charge in [0.1, 0.15) is 23.0 Å². The Morgan fingerprint density at radius 3 is 1.20 bits per heavy atom. The van der Waals surface area contributed by atoms with E-state index < -0.39 is 67.8 Å². The Morgan fingerprint density at radius 2 is 0.828 bits per heavy atom. The van der Waals surface area contributed by atoms with Gasteiger partial charge in [-0.2, -0.15) is 23.5 Å². The van der Waals surface area contributed by atoms with Gasteiger partial charge in [-0.05, 0) is 171 Å². The van der Waals surface area contributed by atoms with Crippen molar-refractivity contribution in [1.82, 2.24) is 16.4 Å². The van der Waals surface area contributed by atoms with Gasteiger partial charge in [0.2, 0.25) is 0 Å². The van der Waals surface area contributed by atoms with Gasteiger partial charge in [-0.1, -0.05) is 74.5 Å². The molecule has 3 fully saturated rings. The molecule has 0 unspecified atom stereocenters. The van der Waals surface area contributed by atoms with Crippen molar-refractivity contribution in [3.05, 3.63) is 169 Å². The van der Waals surface area contributed by atoms with Crippen LogP contribution in [0.2, 0.25) is 0 Å². The van der Waals surface area contributed by atoms with Gasteiger partial charge in [0.15, 0.2) is 43.8 Å². The fraction of sp³-hybridized carbons (Fsp3) is 0.426. The second kappa shape index (κ2) is 37.3. The van der Waals surface area contributed by atoms with Crippen LogP contribution in [0.1, 0.15) is 76.3 Å². The van der Waals surface area contributed by atoms with Crippen LogP contribution in [-0.4, -0.2) is 156 Å². The molecule has 31 heteroatoms. The van der Waals surface area contributed by atoms with Crippen molar-refractivity contribution < 1.29 is 102 Å². The maximum Gasteiger partial charge on any atom is 0.573 e. The third kappa shape index (κ3) is 21.7. The van der Waals surface area contributed by atoms with E-state index in [-0.39, 0.29) is 104 Å². The van der Waals surface area contributed by atoms with Crippen LogP contribution in [0.25, 0.3) is 0 Å². The molecule has 3 aliphatic heterocycles. The van der Waals surface area contributed by atoms with Crippen LogP contribution in [0.3, 0.4) is 0 Å². The molecular formula is C68H82F3N3O19S6. The van der Waals surface area contributed by atoms with Crippen LogP contribution in [-0.2, 0) is 69.6 Å². The van der Waals surface area contributed by atoms with Crippen molar-refractivity contribution >= 4 is 82.5 Å². The molecule has 0 radical (unpaired) electrons. The molecule has 3 heterocycles. The molecular weight excluding hydrogens is 1410 g/mol. The molecule has 0 atom stereocenters. The fourth-order valence-electron chi connectivity index (χ4n) is 10.7. The molecule has 22 nitrogen and oxygen atoms in total. The number of hydrogen-bond donors (Lipinski definition) is 6. The van der Waals surface area contributed by atoms with E-state index in [9.17, 15) is 52.8 Å². The number of hydrogen-bond acceptors (Lipinski definition) is 22. The standard InChI is InChI=1S/C23H26F3NO7S2.C23H29NO6S2.C22H27NO6S2/c24-23(25,26)34-19-4-1-3-17(15-19)16-35-14-2-11-33-18-5-7-20(8-6-18)36(30,31)22(21(28)27-29)9-12-32-13-10-22;1-22(2,17-31-19-6-4-3-5-7-19)16-30-18-8-10-20(11-9-18)32(27,28)23(21(25)24-26)12-14-29-15-13-23;24-21(23-25)22(11-14-28-15-12-22)31(26,27)20-9-7-19(8-10-20)29-13-4-16-30-17-18-5-2-1-3-6-18/h1,3-8,15,29H,2,9-14,16H2,(H,27,28);3-11,26H,12-17H2,1-2H3,(H,24,25);1-3,5-10,25H,4,11-17H2,(H,23,24). The SMILES string of the molecule is CC(C)(COc1ccc(S(=O)(=O)C2(C(=O)NO)CCOCC2)cc1)CSc1ccccc1.O=C(NO)C1(S(=O)(=O)c2ccc(OCCCSCc3cccc(OC(F)(F)F)c3)cc2)CCOCC1.O=C(NO)C1(S(=O)(=O)c2ccc(OCCCSCc3ccccc3)cc2)CCOCC1. The summed E-state index contributed by atoms with van der Waals surface area (Å²) >= 11 is 5.13. The number of benzene rings is 6. The van der Waals surface area contributed by atoms with Gasteiger partial charge in [-0.3, -0.25) is 30.0 Å². The van der Waals surface area contributed by atoms with Crippen LogP contribution in [0, 0.1) is 5.41 Å². The zero-order chi connectivity index (χ0) is 71.6. The predicted octanol–water partition coefficient (Wildman–Crippen LogP) is 11.0. The normalized spacial score (nSPS) is 16.0. The molecule has 6 aromatic rings. The van der Waals surface area contributed by atoms with Crippen molar-refractivity contribution in [3.8, 4) is 23.0 Å². The largest absolute Gasteiger partial charge is 0.573 e. The molecule has 3 aliphatic rings. The minimum Gasteiger partial charge on any atom is -0.494 e. The summed E-state index contributed by atoms with van der Waals surface area (Å²) in [6, 6.07) is 44.1. The quantitative estimate of drug-likeness (QED) is 0.0106. The maximum absolute atomic E-state index is 13.3. The molecule has 0 saturated carbocycles. The Labute approximate surface area is 587 Å². The van der Waals surface area contributed by atoms with E-state index in [1.807, 2.05) is 48.2 Å². The maximum atomic E-state index is 13.3. The van der Waals surface area contributed by atoms with Crippen LogP contribution in [0.5, 0.6) is 23.0 Å². The number of rotatable bonds is 30. The Morgan fingerprint density at radius 1 is 0.475 bits per heavy atom. The first-order valence-electron chi connectivity index (χ1n) is 31.5. The molecule has 0 bridgehead atoms. The Kier molecular flexibility index (Phi) is 30.1. The summed E-state index contributed by atoms with van der Waals surface area (Å²) in [7, 11) is -12.2. The first-order chi connectivity index (χ1) is 47.3. The molecule has 6 aromatic carbocycles. The first kappa shape index (κ1) is 79.7. The summed E-state index contributed by atoms with van der Waals surface area (Å²) in [5, 5.41) is 27.4. The summed E-state index contributed by atoms with van der Waals surface area (Å²) in [6.45, 7) is 6.27. The van der Waals surface area contributed by atoms with Crippen molar-refractivity contribution in [3.63, 3.8) is 0 Å². The molecule has 0 spiro atoms. The van der Waals surface area contributed by atoms with Crippen molar-refractivity contribution in [2.45, 2.75) is 117 Å². The monoisotopic (exact) mass is 1490 g/mol. The van der Waals surface area contributed by atoms with E-state index in [2.05, 4.69) is 42.8 Å². The number of halogens is 3. The lowest BCUT2D eigenvalue weighted by Gasteiger charge is -2.34. The van der Waals surface area contributed by atoms with Gasteiger partial charge >= 0.3 is 6.36 Å². The van der Waals surface area contributed by atoms with Crippen LogP contribution in [0.4, 0.5) is 13.2 Å². The van der Waals surface area contributed by atoms with E-state index in [0.29, 0.717) is 60.6 Å². The second-order valence-corrected chi connectivity index (χ2v) is 33.9. The Balaban J connectivity index is 0.000000209. The van der Waals surface area contributed by atoms with Crippen LogP contribution in [0.15, 0.2) is 177 Å². The molecule has 0 aromatic heterocycles. The highest BCUT2D eigenvalue weighted by Crippen LogP contribution is 2.40. The molecule has 99 heavy (non-hydrogen) atoms.